The van der Waals surface area contributed by atoms with Crippen LogP contribution in [-0.2, 0) is 19.2 Å². The number of hydrogen-bond donors (Lipinski definition) is 4. The topological polar surface area (TPSA) is 230 Å². The van der Waals surface area contributed by atoms with Gasteiger partial charge in [0, 0.05) is 50.4 Å². The Labute approximate surface area is 469 Å². The number of esters is 4. The monoisotopic (exact) mass is 1110 g/mol. The number of rotatable bonds is 27. The van der Waals surface area contributed by atoms with Gasteiger partial charge in [0.25, 0.3) is 0 Å². The lowest BCUT2D eigenvalue weighted by atomic mass is 9.86. The maximum atomic E-state index is 12.4. The van der Waals surface area contributed by atoms with Crippen molar-refractivity contribution in [3.05, 3.63) is 95.1 Å². The number of carbonyl (C=O) groups is 4. The molecule has 434 valence electrons. The molecule has 0 saturated heterocycles. The predicted octanol–water partition coefficient (Wildman–Crippen LogP) is 7.54. The van der Waals surface area contributed by atoms with Gasteiger partial charge in [-0.1, -0.05) is 92.5 Å². The van der Waals surface area contributed by atoms with Crippen molar-refractivity contribution < 1.29 is 77.5 Å². The van der Waals surface area contributed by atoms with E-state index in [1.54, 1.807) is 48.5 Å². The molecule has 18 nitrogen and oxygen atoms in total. The maximum Gasteiger partial charge on any atom is 0.314 e. The summed E-state index contributed by atoms with van der Waals surface area (Å²) in [5.74, 6) is 1.26. The van der Waals surface area contributed by atoms with Crippen LogP contribution in [0.1, 0.15) is 127 Å². The van der Waals surface area contributed by atoms with Crippen LogP contribution in [-0.4, -0.2) is 144 Å². The van der Waals surface area contributed by atoms with Gasteiger partial charge in [0.15, 0.2) is 0 Å². The van der Waals surface area contributed by atoms with Crippen LogP contribution in [0.5, 0.6) is 46.0 Å². The molecule has 12 unspecified atom stereocenters. The smallest absolute Gasteiger partial charge is 0.314 e. The van der Waals surface area contributed by atoms with Crippen molar-refractivity contribution in [1.29, 1.82) is 0 Å². The number of aliphatic hydroxyl groups is 4. The highest BCUT2D eigenvalue weighted by atomic mass is 16.6. The molecule has 4 aromatic rings. The molecule has 0 aliphatic carbocycles. The molecule has 4 heterocycles. The van der Waals surface area contributed by atoms with Gasteiger partial charge < -0.3 is 58.3 Å². The summed E-state index contributed by atoms with van der Waals surface area (Å²) in [6.45, 7) is 16.8. The van der Waals surface area contributed by atoms with Crippen molar-refractivity contribution in [2.75, 3.05) is 65.7 Å². The molecule has 80 heavy (non-hydrogen) atoms. The van der Waals surface area contributed by atoms with Crippen molar-refractivity contribution >= 4 is 23.9 Å². The van der Waals surface area contributed by atoms with Gasteiger partial charge >= 0.3 is 23.9 Å². The summed E-state index contributed by atoms with van der Waals surface area (Å²) in [7, 11) is 0. The number of nitrogens with zero attached hydrogens (tertiary/aromatic N) is 2. The molecule has 4 N–H and O–H groups in total. The Balaban J connectivity index is 0.864. The normalized spacial score (nSPS) is 23.7. The third kappa shape index (κ3) is 15.0. The molecule has 18 heteroatoms. The Morgan fingerprint density at radius 1 is 0.362 bits per heavy atom. The van der Waals surface area contributed by atoms with E-state index < -0.39 is 24.4 Å². The summed E-state index contributed by atoms with van der Waals surface area (Å²) in [6, 6.07) is 21.4. The zero-order valence-electron chi connectivity index (χ0n) is 47.3. The third-order valence-corrected chi connectivity index (χ3v) is 16.6. The van der Waals surface area contributed by atoms with E-state index in [9.17, 15) is 39.6 Å². The van der Waals surface area contributed by atoms with Crippen LogP contribution in [0.15, 0.2) is 72.8 Å². The quantitative estimate of drug-likeness (QED) is 0.0257. The van der Waals surface area contributed by atoms with Gasteiger partial charge in [0.05, 0.1) is 23.7 Å². The van der Waals surface area contributed by atoms with Crippen molar-refractivity contribution in [3.8, 4) is 46.0 Å². The Kier molecular flexibility index (Phi) is 20.2. The molecule has 0 fully saturated rings. The highest BCUT2D eigenvalue weighted by Crippen LogP contribution is 2.43. The second kappa shape index (κ2) is 27.0. The first-order valence-electron chi connectivity index (χ1n) is 28.3. The van der Waals surface area contributed by atoms with Gasteiger partial charge in [-0.15, -0.1) is 0 Å². The molecular formula is C62H80N2O16. The van der Waals surface area contributed by atoms with Crippen LogP contribution < -0.4 is 37.9 Å². The van der Waals surface area contributed by atoms with Gasteiger partial charge in [-0.2, -0.15) is 0 Å². The predicted molar refractivity (Wildman–Crippen MR) is 296 cm³/mol. The summed E-state index contributed by atoms with van der Waals surface area (Å²) in [5, 5.41) is 45.3. The minimum atomic E-state index is -0.950. The van der Waals surface area contributed by atoms with E-state index in [1.165, 1.54) is 0 Å². The molecule has 8 rings (SSSR count). The Bertz CT molecular complexity index is 2440. The zero-order chi connectivity index (χ0) is 57.4. The summed E-state index contributed by atoms with van der Waals surface area (Å²) in [4.78, 5) is 53.7. The number of unbranched alkanes of at least 4 members (excludes halogenated alkanes) is 3. The number of ether oxygens (including phenoxy) is 8. The van der Waals surface area contributed by atoms with Crippen LogP contribution in [0, 0.1) is 23.7 Å². The maximum absolute atomic E-state index is 12.4. The molecular weight excluding hydrogens is 1030 g/mol. The fraction of sp³-hybridized carbons (Fsp3) is 0.548. The first kappa shape index (κ1) is 59.8. The van der Waals surface area contributed by atoms with Crippen molar-refractivity contribution in [2.45, 2.75) is 129 Å². The first-order chi connectivity index (χ1) is 38.2. The molecule has 0 radical (unpaired) electrons. The third-order valence-electron chi connectivity index (χ3n) is 16.6. The van der Waals surface area contributed by atoms with Gasteiger partial charge in [0.2, 0.25) is 0 Å². The van der Waals surface area contributed by atoms with E-state index in [4.69, 9.17) is 37.9 Å². The fourth-order valence-corrected chi connectivity index (χ4v) is 10.7. The molecule has 4 aliphatic heterocycles. The summed E-state index contributed by atoms with van der Waals surface area (Å²) in [5.41, 5.74) is 3.65. The Morgan fingerprint density at radius 3 is 0.812 bits per heavy atom. The highest BCUT2D eigenvalue weighted by molar-refractivity contribution is 5.81. The molecule has 0 saturated carbocycles. The second-order valence-electron chi connectivity index (χ2n) is 22.6. The minimum Gasteiger partial charge on any atom is -0.491 e. The fourth-order valence-electron chi connectivity index (χ4n) is 10.7. The molecule has 0 aromatic heterocycles. The Hall–Kier alpha value is -6.28. The second-order valence-corrected chi connectivity index (χ2v) is 22.6. The summed E-state index contributed by atoms with van der Waals surface area (Å²) in [6.07, 6.45) is -0.786. The molecule has 4 aromatic carbocycles. The van der Waals surface area contributed by atoms with Gasteiger partial charge in [-0.05, 0) is 96.1 Å². The number of carbonyl (C=O) groups excluding carboxylic acids is 4. The summed E-state index contributed by atoms with van der Waals surface area (Å²) >= 11 is 0. The first-order valence-corrected chi connectivity index (χ1v) is 28.3. The SMILES string of the molecule is CC1C(=O)Oc2cc(OCC(O)CN(CCCCCCN(CC(O)COc3ccc4c(c3)OC(=O)C(C)C4C)CC(O)COc3ccc4c(c3)OC(=O)C(C)C4C)CC(O)COc3ccc4c(c3)OC(=O)C(C)C4C)ccc2C1C. The van der Waals surface area contributed by atoms with E-state index >= 15 is 0 Å². The minimum absolute atomic E-state index is 0.0133. The summed E-state index contributed by atoms with van der Waals surface area (Å²) < 4.78 is 46.3. The number of benzene rings is 4. The van der Waals surface area contributed by atoms with E-state index in [2.05, 4.69) is 0 Å². The van der Waals surface area contributed by atoms with Crippen LogP contribution in [0.25, 0.3) is 0 Å². The molecule has 0 bridgehead atoms. The van der Waals surface area contributed by atoms with Crippen molar-refractivity contribution in [1.82, 2.24) is 9.80 Å². The molecule has 0 amide bonds. The number of aliphatic hydroxyl groups excluding tert-OH is 4. The van der Waals surface area contributed by atoms with Gasteiger partial charge in [0.1, 0.15) is 96.8 Å². The number of fused-ring (bicyclic) bond motifs is 4. The number of hydrogen-bond acceptors (Lipinski definition) is 18. The van der Waals surface area contributed by atoms with Crippen molar-refractivity contribution in [3.63, 3.8) is 0 Å². The molecule has 0 spiro atoms. The van der Waals surface area contributed by atoms with Crippen LogP contribution in [0.3, 0.4) is 0 Å². The van der Waals surface area contributed by atoms with Crippen LogP contribution >= 0.6 is 0 Å². The van der Waals surface area contributed by atoms with Crippen LogP contribution in [0.4, 0.5) is 0 Å². The van der Waals surface area contributed by atoms with Gasteiger partial charge in [-0.25, -0.2) is 0 Å². The average molecular weight is 1110 g/mol. The van der Waals surface area contributed by atoms with E-state index in [0.29, 0.717) is 59.1 Å². The van der Waals surface area contributed by atoms with E-state index in [0.717, 1.165) is 47.9 Å². The standard InChI is InChI=1S/C62H80N2O16/c1-35-39(5)59(69)77-55-23-47(13-17-51(35)55)73-31-43(65)27-63(28-44(66)32-74-48-14-18-52-36(2)40(6)60(70)78-56(52)24-48)21-11-9-10-12-22-64(29-45(67)33-75-49-15-19-53-37(3)41(7)61(71)79-57(53)25-49)30-46(68)34-76-50-16-20-54-38(4)42(8)62(72)80-58(54)26-50/h13-20,23-26,35-46,65-68H,9-12,21-22,27-34H2,1-8H3. The van der Waals surface area contributed by atoms with E-state index in [-0.39, 0.29) is 124 Å². The van der Waals surface area contributed by atoms with Gasteiger partial charge in [-0.3, -0.25) is 29.0 Å². The average Bonchev–Trinajstić information content (AvgIpc) is 3.48. The zero-order valence-corrected chi connectivity index (χ0v) is 47.3. The lowest BCUT2D eigenvalue weighted by Gasteiger charge is -2.29. The molecule has 12 atom stereocenters. The van der Waals surface area contributed by atoms with Crippen molar-refractivity contribution in [2.24, 2.45) is 23.7 Å². The largest absolute Gasteiger partial charge is 0.491 e. The van der Waals surface area contributed by atoms with E-state index in [1.807, 2.05) is 89.5 Å². The van der Waals surface area contributed by atoms with Crippen LogP contribution in [0.2, 0.25) is 0 Å². The molecule has 4 aliphatic rings. The lowest BCUT2D eigenvalue weighted by Crippen LogP contribution is -2.42. The highest BCUT2D eigenvalue weighted by Gasteiger charge is 2.35. The Morgan fingerprint density at radius 2 is 0.588 bits per heavy atom. The lowest BCUT2D eigenvalue weighted by molar-refractivity contribution is -0.141.